The average molecular weight is 380 g/mol. The molecule has 6 heteroatoms. The zero-order valence-corrected chi connectivity index (χ0v) is 15.0. The van der Waals surface area contributed by atoms with Gasteiger partial charge in [0.05, 0.1) is 10.0 Å². The Kier molecular flexibility index (Phi) is 7.30. The monoisotopic (exact) mass is 378 g/mol. The van der Waals surface area contributed by atoms with Crippen LogP contribution in [0.5, 0.6) is 0 Å². The zero-order valence-electron chi connectivity index (χ0n) is 11.8. The van der Waals surface area contributed by atoms with E-state index in [1.165, 1.54) is 11.3 Å². The first-order chi connectivity index (χ1) is 9.65. The van der Waals surface area contributed by atoms with Crippen LogP contribution in [0.25, 0.3) is 11.1 Å². The predicted octanol–water partition coefficient (Wildman–Crippen LogP) is 5.04. The van der Waals surface area contributed by atoms with Gasteiger partial charge in [-0.25, -0.2) is 0 Å². The molecule has 0 saturated carbocycles. The molecule has 0 spiro atoms. The largest absolute Gasteiger partial charge is 0.369 e. The molecule has 2 aromatic rings. The summed E-state index contributed by atoms with van der Waals surface area (Å²) < 4.78 is 0. The van der Waals surface area contributed by atoms with E-state index in [2.05, 4.69) is 23.1 Å². The maximum absolute atomic E-state index is 6.13. The number of anilines is 1. The topological polar surface area (TPSA) is 29.3 Å². The van der Waals surface area contributed by atoms with E-state index in [-0.39, 0.29) is 30.9 Å². The summed E-state index contributed by atoms with van der Waals surface area (Å²) in [6.07, 6.45) is 1.04. The summed E-state index contributed by atoms with van der Waals surface area (Å²) in [6.45, 7) is 1.90. The molecule has 1 aliphatic rings. The number of hydrogen-bond donors (Lipinski definition) is 1. The molecule has 0 bridgehead atoms. The quantitative estimate of drug-likeness (QED) is 0.791. The molecule has 0 amide bonds. The molecule has 1 aliphatic heterocycles. The van der Waals surface area contributed by atoms with Crippen molar-refractivity contribution in [2.45, 2.75) is 12.5 Å². The Hall–Kier alpha value is -0.640. The van der Waals surface area contributed by atoms with Crippen LogP contribution >= 0.6 is 48.0 Å². The van der Waals surface area contributed by atoms with Gasteiger partial charge in [-0.15, -0.1) is 24.8 Å². The van der Waals surface area contributed by atoms with Gasteiger partial charge in [-0.1, -0.05) is 47.5 Å². The number of halogens is 4. The highest BCUT2D eigenvalue weighted by atomic mass is 35.5. The van der Waals surface area contributed by atoms with Gasteiger partial charge >= 0.3 is 0 Å². The lowest BCUT2D eigenvalue weighted by Gasteiger charge is -2.22. The first-order valence-electron chi connectivity index (χ1n) is 6.70. The van der Waals surface area contributed by atoms with E-state index in [0.717, 1.165) is 25.1 Å². The van der Waals surface area contributed by atoms with E-state index >= 15 is 0 Å². The van der Waals surface area contributed by atoms with Crippen molar-refractivity contribution in [2.24, 2.45) is 5.73 Å². The van der Waals surface area contributed by atoms with Crippen LogP contribution in [0.3, 0.4) is 0 Å². The van der Waals surface area contributed by atoms with E-state index in [4.69, 9.17) is 28.9 Å². The van der Waals surface area contributed by atoms with Crippen LogP contribution in [0, 0.1) is 0 Å². The molecule has 2 nitrogen and oxygen atoms in total. The molecule has 0 aliphatic carbocycles. The Morgan fingerprint density at radius 2 is 1.73 bits per heavy atom. The Bertz CT molecular complexity index is 633. The second kappa shape index (κ2) is 8.28. The molecular weight excluding hydrogens is 362 g/mol. The van der Waals surface area contributed by atoms with E-state index in [1.807, 2.05) is 24.3 Å². The van der Waals surface area contributed by atoms with Crippen molar-refractivity contribution >= 4 is 53.7 Å². The molecule has 1 heterocycles. The van der Waals surface area contributed by atoms with Crippen molar-refractivity contribution in [1.82, 2.24) is 0 Å². The van der Waals surface area contributed by atoms with Gasteiger partial charge in [-0.2, -0.15) is 0 Å². The predicted molar refractivity (Wildman–Crippen MR) is 101 cm³/mol. The number of nitrogens with two attached hydrogens (primary N) is 1. The molecule has 2 aromatic carbocycles. The fraction of sp³-hybridized carbons (Fsp3) is 0.250. The smallest absolute Gasteiger partial charge is 0.0598 e. The van der Waals surface area contributed by atoms with Gasteiger partial charge in [0.25, 0.3) is 0 Å². The first kappa shape index (κ1) is 19.4. The van der Waals surface area contributed by atoms with Gasteiger partial charge < -0.3 is 10.6 Å². The Labute approximate surface area is 153 Å². The molecule has 1 saturated heterocycles. The first-order valence-corrected chi connectivity index (χ1v) is 7.46. The minimum atomic E-state index is 0. The lowest BCUT2D eigenvalue weighted by Crippen LogP contribution is -2.26. The third kappa shape index (κ3) is 4.01. The van der Waals surface area contributed by atoms with Gasteiger partial charge in [-0.05, 0) is 30.2 Å². The van der Waals surface area contributed by atoms with Crippen LogP contribution in [-0.4, -0.2) is 19.1 Å². The van der Waals surface area contributed by atoms with Crippen LogP contribution in [0.4, 0.5) is 5.69 Å². The highest BCUT2D eigenvalue weighted by Crippen LogP contribution is 2.35. The third-order valence-corrected chi connectivity index (χ3v) is 4.44. The SMILES string of the molecule is Cl.Cl.NC1CCN(c2ccccc2-c2ccc(Cl)c(Cl)c2)C1. The second-order valence-corrected chi connectivity index (χ2v) is 5.96. The molecule has 1 fully saturated rings. The number of benzene rings is 2. The summed E-state index contributed by atoms with van der Waals surface area (Å²) in [5.41, 5.74) is 9.47. The molecular formula is C16H18Cl4N2. The minimum absolute atomic E-state index is 0. The van der Waals surface area contributed by atoms with Gasteiger partial charge in [0, 0.05) is 30.4 Å². The lowest BCUT2D eigenvalue weighted by molar-refractivity contribution is 0.752. The number of hydrogen-bond acceptors (Lipinski definition) is 2. The van der Waals surface area contributed by atoms with Crippen molar-refractivity contribution in [3.63, 3.8) is 0 Å². The molecule has 2 N–H and O–H groups in total. The molecule has 3 rings (SSSR count). The molecule has 0 radical (unpaired) electrons. The van der Waals surface area contributed by atoms with Crippen LogP contribution in [0.1, 0.15) is 6.42 Å². The number of nitrogens with zero attached hydrogens (tertiary/aromatic N) is 1. The maximum Gasteiger partial charge on any atom is 0.0598 e. The Morgan fingerprint density at radius 1 is 1.00 bits per heavy atom. The van der Waals surface area contributed by atoms with E-state index < -0.39 is 0 Å². The average Bonchev–Trinajstić information content (AvgIpc) is 2.88. The van der Waals surface area contributed by atoms with Gasteiger partial charge in [0.1, 0.15) is 0 Å². The molecule has 1 atom stereocenters. The third-order valence-electron chi connectivity index (χ3n) is 3.70. The van der Waals surface area contributed by atoms with E-state index in [1.54, 1.807) is 0 Å². The summed E-state index contributed by atoms with van der Waals surface area (Å²) in [5.74, 6) is 0. The van der Waals surface area contributed by atoms with Crippen LogP contribution in [-0.2, 0) is 0 Å². The fourth-order valence-electron chi connectivity index (χ4n) is 2.66. The van der Waals surface area contributed by atoms with Crippen LogP contribution in [0.15, 0.2) is 42.5 Å². The van der Waals surface area contributed by atoms with E-state index in [9.17, 15) is 0 Å². The van der Waals surface area contributed by atoms with Crippen molar-refractivity contribution < 1.29 is 0 Å². The summed E-state index contributed by atoms with van der Waals surface area (Å²) >= 11 is 12.1. The van der Waals surface area contributed by atoms with Gasteiger partial charge in [0.2, 0.25) is 0 Å². The highest BCUT2D eigenvalue weighted by molar-refractivity contribution is 6.42. The standard InChI is InChI=1S/C16H16Cl2N2.2ClH/c17-14-6-5-11(9-15(14)18)13-3-1-2-4-16(13)20-8-7-12(19)10-20;;/h1-6,9,12H,7-8,10,19H2;2*1H. The van der Waals surface area contributed by atoms with Crippen LogP contribution in [0.2, 0.25) is 10.0 Å². The van der Waals surface area contributed by atoms with E-state index in [0.29, 0.717) is 10.0 Å². The highest BCUT2D eigenvalue weighted by Gasteiger charge is 2.21. The summed E-state index contributed by atoms with van der Waals surface area (Å²) in [4.78, 5) is 2.34. The van der Waals surface area contributed by atoms with Crippen LogP contribution < -0.4 is 10.6 Å². The minimum Gasteiger partial charge on any atom is -0.369 e. The number of para-hydroxylation sites is 1. The molecule has 1 unspecified atom stereocenters. The van der Waals surface area contributed by atoms with Crippen molar-refractivity contribution in [2.75, 3.05) is 18.0 Å². The summed E-state index contributed by atoms with van der Waals surface area (Å²) in [7, 11) is 0. The zero-order chi connectivity index (χ0) is 14.1. The van der Waals surface area contributed by atoms with Gasteiger partial charge in [0.15, 0.2) is 0 Å². The molecule has 22 heavy (non-hydrogen) atoms. The van der Waals surface area contributed by atoms with Crippen molar-refractivity contribution in [3.8, 4) is 11.1 Å². The van der Waals surface area contributed by atoms with Crippen molar-refractivity contribution in [3.05, 3.63) is 52.5 Å². The summed E-state index contributed by atoms with van der Waals surface area (Å²) in [5, 5.41) is 1.16. The second-order valence-electron chi connectivity index (χ2n) is 5.14. The fourth-order valence-corrected chi connectivity index (χ4v) is 2.96. The Morgan fingerprint density at radius 3 is 2.36 bits per heavy atom. The number of rotatable bonds is 2. The Balaban J connectivity index is 0.00000121. The van der Waals surface area contributed by atoms with Gasteiger partial charge in [-0.3, -0.25) is 0 Å². The maximum atomic E-state index is 6.13. The molecule has 0 aromatic heterocycles. The normalized spacial score (nSPS) is 16.9. The van der Waals surface area contributed by atoms with Crippen molar-refractivity contribution in [1.29, 1.82) is 0 Å². The summed E-state index contributed by atoms with van der Waals surface area (Å²) in [6, 6.07) is 14.4. The molecule has 120 valence electrons. The lowest BCUT2D eigenvalue weighted by atomic mass is 10.0.